The summed E-state index contributed by atoms with van der Waals surface area (Å²) < 4.78 is 2.28. The van der Waals surface area contributed by atoms with Crippen molar-refractivity contribution in [2.24, 2.45) is 0 Å². The van der Waals surface area contributed by atoms with E-state index in [1.165, 1.54) is 11.1 Å². The van der Waals surface area contributed by atoms with Gasteiger partial charge in [-0.1, -0.05) is 42.5 Å². The molecule has 1 saturated heterocycles. The van der Waals surface area contributed by atoms with E-state index in [1.54, 1.807) is 6.08 Å². The van der Waals surface area contributed by atoms with E-state index < -0.39 is 0 Å². The molecule has 132 valence electrons. The molecule has 4 rings (SSSR count). The first-order chi connectivity index (χ1) is 12.7. The topological polar surface area (TPSA) is 38.1 Å². The maximum absolute atomic E-state index is 12.3. The maximum Gasteiger partial charge on any atom is 0.223 e. The molecule has 1 aliphatic rings. The smallest absolute Gasteiger partial charge is 0.223 e. The minimum atomic E-state index is 0.124. The molecule has 0 bridgehead atoms. The van der Waals surface area contributed by atoms with Gasteiger partial charge in [-0.05, 0) is 30.2 Å². The van der Waals surface area contributed by atoms with E-state index in [9.17, 15) is 4.79 Å². The van der Waals surface area contributed by atoms with E-state index in [2.05, 4.69) is 48.4 Å². The van der Waals surface area contributed by atoms with Gasteiger partial charge in [0.2, 0.25) is 5.91 Å². The second-order valence-corrected chi connectivity index (χ2v) is 6.96. The SMILES string of the molecule is C=CCN1C[C@@H](c2nc3ccccc3n2Cc2ccccc2C)CC1=O. The lowest BCUT2D eigenvalue weighted by molar-refractivity contribution is -0.127. The molecule has 2 aromatic carbocycles. The molecule has 0 saturated carbocycles. The van der Waals surface area contributed by atoms with Crippen LogP contribution in [-0.4, -0.2) is 33.4 Å². The number of nitrogens with zero attached hydrogens (tertiary/aromatic N) is 3. The Morgan fingerprint density at radius 3 is 2.77 bits per heavy atom. The molecule has 0 unspecified atom stereocenters. The number of amides is 1. The molecule has 1 aliphatic heterocycles. The Bertz CT molecular complexity index is 972. The van der Waals surface area contributed by atoms with Crippen LogP contribution in [0.15, 0.2) is 61.2 Å². The fraction of sp³-hybridized carbons (Fsp3) is 0.273. The van der Waals surface area contributed by atoms with Gasteiger partial charge in [0.25, 0.3) is 0 Å². The monoisotopic (exact) mass is 345 g/mol. The van der Waals surface area contributed by atoms with Crippen LogP contribution in [0.2, 0.25) is 0 Å². The molecule has 1 amide bonds. The third-order valence-electron chi connectivity index (χ3n) is 5.20. The molecule has 0 spiro atoms. The van der Waals surface area contributed by atoms with Gasteiger partial charge in [0.05, 0.1) is 11.0 Å². The first-order valence-electron chi connectivity index (χ1n) is 9.05. The highest BCUT2D eigenvalue weighted by atomic mass is 16.2. The van der Waals surface area contributed by atoms with E-state index in [4.69, 9.17) is 4.98 Å². The third kappa shape index (κ3) is 2.92. The van der Waals surface area contributed by atoms with Gasteiger partial charge in [0, 0.05) is 32.0 Å². The van der Waals surface area contributed by atoms with Crippen molar-refractivity contribution in [2.75, 3.05) is 13.1 Å². The molecular weight excluding hydrogens is 322 g/mol. The van der Waals surface area contributed by atoms with Crippen LogP contribution in [0.5, 0.6) is 0 Å². The highest BCUT2D eigenvalue weighted by Crippen LogP contribution is 2.31. The molecule has 4 heteroatoms. The Kier molecular flexibility index (Phi) is 4.33. The molecule has 4 nitrogen and oxygen atoms in total. The maximum atomic E-state index is 12.3. The van der Waals surface area contributed by atoms with Crippen LogP contribution in [0.3, 0.4) is 0 Å². The molecule has 3 aromatic rings. The van der Waals surface area contributed by atoms with Crippen molar-refractivity contribution in [2.45, 2.75) is 25.8 Å². The van der Waals surface area contributed by atoms with Crippen LogP contribution in [-0.2, 0) is 11.3 Å². The van der Waals surface area contributed by atoms with Crippen molar-refractivity contribution in [3.05, 3.63) is 78.1 Å². The normalized spacial score (nSPS) is 17.2. The van der Waals surface area contributed by atoms with Crippen molar-refractivity contribution < 1.29 is 4.79 Å². The molecular formula is C22H23N3O. The molecule has 0 radical (unpaired) electrons. The molecule has 1 atom stereocenters. The fourth-order valence-electron chi connectivity index (χ4n) is 3.81. The first-order valence-corrected chi connectivity index (χ1v) is 9.05. The van der Waals surface area contributed by atoms with Gasteiger partial charge in [0.15, 0.2) is 0 Å². The number of carbonyl (C=O) groups excluding carboxylic acids is 1. The summed E-state index contributed by atoms with van der Waals surface area (Å²) in [4.78, 5) is 19.1. The minimum Gasteiger partial charge on any atom is -0.338 e. The number of carbonyl (C=O) groups is 1. The predicted molar refractivity (Wildman–Crippen MR) is 104 cm³/mol. The summed E-state index contributed by atoms with van der Waals surface area (Å²) in [6.45, 7) is 7.98. The first kappa shape index (κ1) is 16.6. The lowest BCUT2D eigenvalue weighted by Crippen LogP contribution is -2.25. The van der Waals surface area contributed by atoms with Crippen molar-refractivity contribution >= 4 is 16.9 Å². The Balaban J connectivity index is 1.76. The van der Waals surface area contributed by atoms with Gasteiger partial charge in [-0.2, -0.15) is 0 Å². The number of fused-ring (bicyclic) bond motifs is 1. The average molecular weight is 345 g/mol. The van der Waals surface area contributed by atoms with Crippen molar-refractivity contribution in [1.29, 1.82) is 0 Å². The summed E-state index contributed by atoms with van der Waals surface area (Å²) in [5.74, 6) is 1.32. The van der Waals surface area contributed by atoms with Gasteiger partial charge < -0.3 is 9.47 Å². The molecule has 26 heavy (non-hydrogen) atoms. The Labute approximate surface area is 153 Å². The Hall–Kier alpha value is -2.88. The van der Waals surface area contributed by atoms with Crippen LogP contribution >= 0.6 is 0 Å². The summed E-state index contributed by atoms with van der Waals surface area (Å²) in [5.41, 5.74) is 4.67. The second-order valence-electron chi connectivity index (χ2n) is 6.96. The average Bonchev–Trinajstić information content (AvgIpc) is 3.18. The second kappa shape index (κ2) is 6.79. The van der Waals surface area contributed by atoms with E-state index in [-0.39, 0.29) is 11.8 Å². The third-order valence-corrected chi connectivity index (χ3v) is 5.20. The number of likely N-dealkylation sites (tertiary alicyclic amines) is 1. The van der Waals surface area contributed by atoms with Gasteiger partial charge in [-0.25, -0.2) is 4.98 Å². The molecule has 0 N–H and O–H groups in total. The van der Waals surface area contributed by atoms with E-state index in [0.29, 0.717) is 19.5 Å². The van der Waals surface area contributed by atoms with Gasteiger partial charge in [-0.3, -0.25) is 4.79 Å². The number of rotatable bonds is 5. The van der Waals surface area contributed by atoms with Crippen molar-refractivity contribution in [1.82, 2.24) is 14.5 Å². The zero-order valence-electron chi connectivity index (χ0n) is 15.1. The van der Waals surface area contributed by atoms with Crippen molar-refractivity contribution in [3.63, 3.8) is 0 Å². The summed E-state index contributed by atoms with van der Waals surface area (Å²) in [5, 5.41) is 0. The molecule has 0 aliphatic carbocycles. The van der Waals surface area contributed by atoms with E-state index in [1.807, 2.05) is 23.1 Å². The zero-order valence-corrected chi connectivity index (χ0v) is 15.1. The summed E-state index contributed by atoms with van der Waals surface area (Å²) >= 11 is 0. The summed E-state index contributed by atoms with van der Waals surface area (Å²) in [6, 6.07) is 16.7. The minimum absolute atomic E-state index is 0.124. The number of aryl methyl sites for hydroxylation is 1. The molecule has 1 aromatic heterocycles. The molecule has 1 fully saturated rings. The van der Waals surface area contributed by atoms with Crippen LogP contribution in [0.25, 0.3) is 11.0 Å². The summed E-state index contributed by atoms with van der Waals surface area (Å²) in [6.07, 6.45) is 2.31. The lowest BCUT2D eigenvalue weighted by Gasteiger charge is -2.16. The van der Waals surface area contributed by atoms with Crippen LogP contribution in [0.1, 0.15) is 29.3 Å². The van der Waals surface area contributed by atoms with Crippen LogP contribution < -0.4 is 0 Å². The number of aromatic nitrogens is 2. The van der Waals surface area contributed by atoms with Gasteiger partial charge in [-0.15, -0.1) is 6.58 Å². The number of hydrogen-bond donors (Lipinski definition) is 0. The zero-order chi connectivity index (χ0) is 18.1. The predicted octanol–water partition coefficient (Wildman–Crippen LogP) is 3.89. The standard InChI is InChI=1S/C22H23N3O/c1-3-12-24-14-18(13-21(24)26)22-23-19-10-6-7-11-20(19)25(22)15-17-9-5-4-8-16(17)2/h3-11,18H,1,12-15H2,2H3/t18-/m0/s1. The van der Waals surface area contributed by atoms with Crippen molar-refractivity contribution in [3.8, 4) is 0 Å². The lowest BCUT2D eigenvalue weighted by atomic mass is 10.1. The number of hydrogen-bond acceptors (Lipinski definition) is 2. The fourth-order valence-corrected chi connectivity index (χ4v) is 3.81. The highest BCUT2D eigenvalue weighted by Gasteiger charge is 2.33. The number of benzene rings is 2. The van der Waals surface area contributed by atoms with Crippen LogP contribution in [0, 0.1) is 6.92 Å². The molecule has 2 heterocycles. The Morgan fingerprint density at radius 1 is 1.19 bits per heavy atom. The van der Waals surface area contributed by atoms with E-state index >= 15 is 0 Å². The van der Waals surface area contributed by atoms with Gasteiger partial charge >= 0.3 is 0 Å². The van der Waals surface area contributed by atoms with Crippen LogP contribution in [0.4, 0.5) is 0 Å². The largest absolute Gasteiger partial charge is 0.338 e. The highest BCUT2D eigenvalue weighted by molar-refractivity contribution is 5.81. The summed E-state index contributed by atoms with van der Waals surface area (Å²) in [7, 11) is 0. The quantitative estimate of drug-likeness (QED) is 0.658. The Morgan fingerprint density at radius 2 is 1.96 bits per heavy atom. The van der Waals surface area contributed by atoms with Gasteiger partial charge in [0.1, 0.15) is 5.82 Å². The number of imidazole rings is 1. The number of para-hydroxylation sites is 2. The van der Waals surface area contributed by atoms with E-state index in [0.717, 1.165) is 23.4 Å².